The summed E-state index contributed by atoms with van der Waals surface area (Å²) in [6, 6.07) is 4.29. The molecular formula is C19H24N2O4. The summed E-state index contributed by atoms with van der Waals surface area (Å²) in [5.74, 6) is 4.55. The van der Waals surface area contributed by atoms with Crippen molar-refractivity contribution < 1.29 is 19.1 Å². The molecule has 0 aromatic rings. The van der Waals surface area contributed by atoms with Crippen LogP contribution in [-0.4, -0.2) is 25.2 Å². The predicted octanol–water partition coefficient (Wildman–Crippen LogP) is 2.59. The molecule has 134 valence electrons. The van der Waals surface area contributed by atoms with Gasteiger partial charge in [-0.25, -0.2) is 0 Å². The smallest absolute Gasteiger partial charge is 0.308 e. The number of carbonyl (C=O) groups is 2. The van der Waals surface area contributed by atoms with Gasteiger partial charge in [-0.1, -0.05) is 18.8 Å². The maximum atomic E-state index is 11.9. The van der Waals surface area contributed by atoms with Gasteiger partial charge in [-0.05, 0) is 38.0 Å². The Morgan fingerprint density at radius 1 is 1.16 bits per heavy atom. The molecule has 0 bridgehead atoms. The van der Waals surface area contributed by atoms with Crippen molar-refractivity contribution in [3.05, 3.63) is 0 Å². The van der Waals surface area contributed by atoms with Crippen molar-refractivity contribution in [2.24, 2.45) is 23.2 Å². The first-order chi connectivity index (χ1) is 11.9. The van der Waals surface area contributed by atoms with Crippen LogP contribution in [0.2, 0.25) is 0 Å². The van der Waals surface area contributed by atoms with E-state index in [0.717, 1.165) is 0 Å². The molecule has 1 saturated carbocycles. The molecule has 0 radical (unpaired) electrons. The third kappa shape index (κ3) is 5.50. The number of esters is 2. The van der Waals surface area contributed by atoms with Crippen molar-refractivity contribution in [2.75, 3.05) is 13.2 Å². The first-order valence-corrected chi connectivity index (χ1v) is 8.48. The highest BCUT2D eigenvalue weighted by Crippen LogP contribution is 2.45. The monoisotopic (exact) mass is 344 g/mol. The van der Waals surface area contributed by atoms with E-state index in [1.165, 1.54) is 6.92 Å². The van der Waals surface area contributed by atoms with Crippen molar-refractivity contribution in [1.29, 1.82) is 10.5 Å². The molecule has 0 aliphatic heterocycles. The molecule has 6 nitrogen and oxygen atoms in total. The second kappa shape index (κ2) is 9.70. The SMILES string of the molecule is CCOC(=O)[C@H]1CC[C@@H](C(C#N)(C#N)CC#CCOC(C)=O)[C@H](C)C1. The molecule has 0 spiro atoms. The molecule has 0 aromatic carbocycles. The molecular weight excluding hydrogens is 320 g/mol. The second-order valence-electron chi connectivity index (χ2n) is 6.35. The minimum atomic E-state index is -1.22. The molecule has 0 N–H and O–H groups in total. The van der Waals surface area contributed by atoms with Crippen LogP contribution in [-0.2, 0) is 19.1 Å². The van der Waals surface area contributed by atoms with E-state index in [4.69, 9.17) is 9.47 Å². The summed E-state index contributed by atoms with van der Waals surface area (Å²) in [6.07, 6.45) is 1.92. The highest BCUT2D eigenvalue weighted by atomic mass is 16.5. The Balaban J connectivity index is 2.79. The van der Waals surface area contributed by atoms with E-state index < -0.39 is 11.4 Å². The van der Waals surface area contributed by atoms with E-state index in [1.807, 2.05) is 6.92 Å². The Morgan fingerprint density at radius 3 is 2.36 bits per heavy atom. The molecule has 0 heterocycles. The summed E-state index contributed by atoms with van der Waals surface area (Å²) in [4.78, 5) is 22.6. The molecule has 0 aromatic heterocycles. The maximum absolute atomic E-state index is 11.9. The van der Waals surface area contributed by atoms with Crippen LogP contribution in [0.3, 0.4) is 0 Å². The van der Waals surface area contributed by atoms with Crippen LogP contribution >= 0.6 is 0 Å². The molecule has 0 amide bonds. The van der Waals surface area contributed by atoms with Crippen molar-refractivity contribution in [3.8, 4) is 24.0 Å². The van der Waals surface area contributed by atoms with Crippen LogP contribution in [0, 0.1) is 57.7 Å². The first kappa shape index (κ1) is 20.5. The summed E-state index contributed by atoms with van der Waals surface area (Å²) >= 11 is 0. The van der Waals surface area contributed by atoms with E-state index in [0.29, 0.717) is 25.9 Å². The van der Waals surface area contributed by atoms with Crippen LogP contribution in [0.5, 0.6) is 0 Å². The summed E-state index contributed by atoms with van der Waals surface area (Å²) in [5, 5.41) is 19.3. The average molecular weight is 344 g/mol. The Morgan fingerprint density at radius 2 is 1.84 bits per heavy atom. The lowest BCUT2D eigenvalue weighted by molar-refractivity contribution is -0.150. The summed E-state index contributed by atoms with van der Waals surface area (Å²) in [6.45, 7) is 5.34. The van der Waals surface area contributed by atoms with Crippen LogP contribution in [0.1, 0.15) is 46.5 Å². The van der Waals surface area contributed by atoms with Gasteiger partial charge in [0.1, 0.15) is 0 Å². The van der Waals surface area contributed by atoms with Crippen LogP contribution in [0.4, 0.5) is 0 Å². The highest BCUT2D eigenvalue weighted by molar-refractivity contribution is 5.72. The standard InChI is InChI=1S/C19H24N2O4/c1-4-24-18(23)16-7-8-17(14(2)11-16)19(12-20,13-21)9-5-6-10-25-15(3)22/h14,16-17H,4,7-11H2,1-3H3/t14-,16+,17-/m1/s1. The van der Waals surface area contributed by atoms with Gasteiger partial charge >= 0.3 is 11.9 Å². The maximum Gasteiger partial charge on any atom is 0.308 e. The van der Waals surface area contributed by atoms with Gasteiger partial charge in [-0.2, -0.15) is 10.5 Å². The normalized spacial score (nSPS) is 22.5. The number of nitriles is 2. The van der Waals surface area contributed by atoms with E-state index in [9.17, 15) is 20.1 Å². The predicted molar refractivity (Wildman–Crippen MR) is 89.3 cm³/mol. The summed E-state index contributed by atoms with van der Waals surface area (Å²) < 4.78 is 9.81. The van der Waals surface area contributed by atoms with Crippen LogP contribution in [0.15, 0.2) is 0 Å². The molecule has 6 heteroatoms. The number of rotatable bonds is 5. The Hall–Kier alpha value is -2.52. The zero-order valence-corrected chi connectivity index (χ0v) is 15.0. The fourth-order valence-corrected chi connectivity index (χ4v) is 3.39. The highest BCUT2D eigenvalue weighted by Gasteiger charge is 2.45. The molecule has 3 atom stereocenters. The zero-order valence-electron chi connectivity index (χ0n) is 15.0. The average Bonchev–Trinajstić information content (AvgIpc) is 2.59. The lowest BCUT2D eigenvalue weighted by Gasteiger charge is -2.38. The van der Waals surface area contributed by atoms with E-state index in [2.05, 4.69) is 24.0 Å². The van der Waals surface area contributed by atoms with E-state index in [-0.39, 0.29) is 36.8 Å². The molecule has 0 saturated heterocycles. The second-order valence-corrected chi connectivity index (χ2v) is 6.35. The Bertz CT molecular complexity index is 619. The third-order valence-corrected chi connectivity index (χ3v) is 4.66. The first-order valence-electron chi connectivity index (χ1n) is 8.48. The number of ether oxygens (including phenoxy) is 2. The summed E-state index contributed by atoms with van der Waals surface area (Å²) in [5.41, 5.74) is -1.22. The fraction of sp³-hybridized carbons (Fsp3) is 0.684. The van der Waals surface area contributed by atoms with Crippen molar-refractivity contribution in [1.82, 2.24) is 0 Å². The lowest BCUT2D eigenvalue weighted by atomic mass is 9.62. The van der Waals surface area contributed by atoms with Crippen molar-refractivity contribution >= 4 is 11.9 Å². The number of nitrogens with zero attached hydrogens (tertiary/aromatic N) is 2. The third-order valence-electron chi connectivity index (χ3n) is 4.66. The van der Waals surface area contributed by atoms with Gasteiger partial charge in [0.25, 0.3) is 0 Å². The molecule has 1 fully saturated rings. The van der Waals surface area contributed by atoms with Gasteiger partial charge in [-0.15, -0.1) is 0 Å². The van der Waals surface area contributed by atoms with Gasteiger partial charge in [0.2, 0.25) is 0 Å². The topological polar surface area (TPSA) is 100 Å². The lowest BCUT2D eigenvalue weighted by Crippen LogP contribution is -2.38. The Kier molecular flexibility index (Phi) is 7.96. The van der Waals surface area contributed by atoms with E-state index >= 15 is 0 Å². The van der Waals surface area contributed by atoms with Gasteiger partial charge in [0.05, 0.1) is 24.7 Å². The van der Waals surface area contributed by atoms with Crippen LogP contribution < -0.4 is 0 Å². The zero-order chi connectivity index (χ0) is 18.9. The van der Waals surface area contributed by atoms with Gasteiger partial charge in [-0.3, -0.25) is 9.59 Å². The Labute approximate surface area is 149 Å². The summed E-state index contributed by atoms with van der Waals surface area (Å²) in [7, 11) is 0. The van der Waals surface area contributed by atoms with Crippen molar-refractivity contribution in [2.45, 2.75) is 46.5 Å². The fourth-order valence-electron chi connectivity index (χ4n) is 3.39. The molecule has 1 rings (SSSR count). The van der Waals surface area contributed by atoms with Gasteiger partial charge in [0.15, 0.2) is 12.0 Å². The minimum Gasteiger partial charge on any atom is -0.466 e. The number of hydrogen-bond acceptors (Lipinski definition) is 6. The van der Waals surface area contributed by atoms with Gasteiger partial charge < -0.3 is 9.47 Å². The molecule has 25 heavy (non-hydrogen) atoms. The number of carbonyl (C=O) groups excluding carboxylic acids is 2. The van der Waals surface area contributed by atoms with Crippen molar-refractivity contribution in [3.63, 3.8) is 0 Å². The largest absolute Gasteiger partial charge is 0.466 e. The molecule has 1 aliphatic rings. The van der Waals surface area contributed by atoms with E-state index in [1.54, 1.807) is 6.92 Å². The molecule has 1 aliphatic carbocycles. The minimum absolute atomic E-state index is 0.0396. The quantitative estimate of drug-likeness (QED) is 0.561. The van der Waals surface area contributed by atoms with Crippen LogP contribution in [0.25, 0.3) is 0 Å². The number of hydrogen-bond donors (Lipinski definition) is 0. The van der Waals surface area contributed by atoms with Gasteiger partial charge in [0, 0.05) is 13.3 Å². The molecule has 0 unspecified atom stereocenters.